The van der Waals surface area contributed by atoms with Crippen molar-refractivity contribution in [2.75, 3.05) is 14.2 Å². The number of esters is 1. The fourth-order valence-corrected chi connectivity index (χ4v) is 4.32. The SMILES string of the molecule is COC(=O)c1cc(B2OC(C)(C)C(C)(C)O2)cc2cnn(Cc3cnc(-c4cc(F)cc(OC)c4)cn3)c12. The van der Waals surface area contributed by atoms with Crippen LogP contribution < -0.4 is 10.2 Å². The molecule has 0 amide bonds. The molecule has 1 saturated heterocycles. The molecule has 2 aromatic carbocycles. The molecule has 1 fully saturated rings. The van der Waals surface area contributed by atoms with E-state index in [-0.39, 0.29) is 6.54 Å². The van der Waals surface area contributed by atoms with E-state index in [0.717, 1.165) is 5.39 Å². The topological polar surface area (TPSA) is 97.6 Å². The average molecular weight is 518 g/mol. The van der Waals surface area contributed by atoms with Gasteiger partial charge in [-0.15, -0.1) is 0 Å². The van der Waals surface area contributed by atoms with E-state index in [1.54, 1.807) is 35.4 Å². The number of benzene rings is 2. The Balaban J connectivity index is 1.47. The molecule has 1 aliphatic rings. The minimum Gasteiger partial charge on any atom is -0.497 e. The van der Waals surface area contributed by atoms with Crippen molar-refractivity contribution in [3.05, 3.63) is 66.0 Å². The molecular weight excluding hydrogens is 490 g/mol. The Bertz CT molecular complexity index is 1500. The van der Waals surface area contributed by atoms with Crippen molar-refractivity contribution in [2.24, 2.45) is 0 Å². The average Bonchev–Trinajstić information content (AvgIpc) is 3.39. The maximum absolute atomic E-state index is 13.9. The Morgan fingerprint density at radius 3 is 2.37 bits per heavy atom. The number of carbonyl (C=O) groups excluding carboxylic acids is 1. The first-order valence-corrected chi connectivity index (χ1v) is 12.1. The molecule has 5 rings (SSSR count). The lowest BCUT2D eigenvalue weighted by Gasteiger charge is -2.32. The van der Waals surface area contributed by atoms with Crippen LogP contribution in [0.1, 0.15) is 43.7 Å². The van der Waals surface area contributed by atoms with Gasteiger partial charge in [-0.25, -0.2) is 9.18 Å². The molecule has 3 heterocycles. The summed E-state index contributed by atoms with van der Waals surface area (Å²) in [4.78, 5) is 21.7. The van der Waals surface area contributed by atoms with Gasteiger partial charge in [-0.1, -0.05) is 6.07 Å². The van der Waals surface area contributed by atoms with E-state index < -0.39 is 30.1 Å². The molecule has 0 aliphatic carbocycles. The highest BCUT2D eigenvalue weighted by atomic mass is 19.1. The van der Waals surface area contributed by atoms with Gasteiger partial charge in [-0.3, -0.25) is 14.6 Å². The number of carbonyl (C=O) groups is 1. The summed E-state index contributed by atoms with van der Waals surface area (Å²) in [5.74, 6) is -0.538. The molecule has 4 aromatic rings. The number of aromatic nitrogens is 4. The van der Waals surface area contributed by atoms with Crippen LogP contribution in [0, 0.1) is 5.82 Å². The number of fused-ring (bicyclic) bond motifs is 1. The third-order valence-electron chi connectivity index (χ3n) is 7.11. The summed E-state index contributed by atoms with van der Waals surface area (Å²) in [6.07, 6.45) is 4.83. The molecule has 196 valence electrons. The van der Waals surface area contributed by atoms with Gasteiger partial charge in [0, 0.05) is 17.0 Å². The van der Waals surface area contributed by atoms with Crippen LogP contribution in [0.2, 0.25) is 0 Å². The number of ether oxygens (including phenoxy) is 2. The second-order valence-electron chi connectivity index (χ2n) is 10.2. The molecule has 1 aliphatic heterocycles. The lowest BCUT2D eigenvalue weighted by atomic mass is 9.77. The van der Waals surface area contributed by atoms with Crippen LogP contribution in [0.5, 0.6) is 5.75 Å². The van der Waals surface area contributed by atoms with Crippen molar-refractivity contribution in [1.82, 2.24) is 19.7 Å². The first kappa shape index (κ1) is 25.8. The fourth-order valence-electron chi connectivity index (χ4n) is 4.32. The molecule has 0 N–H and O–H groups in total. The zero-order chi connectivity index (χ0) is 27.2. The normalized spacial score (nSPS) is 16.1. The maximum atomic E-state index is 13.9. The zero-order valence-corrected chi connectivity index (χ0v) is 22.1. The summed E-state index contributed by atoms with van der Waals surface area (Å²) in [6, 6.07) is 7.98. The highest BCUT2D eigenvalue weighted by molar-refractivity contribution is 6.62. The molecule has 0 unspecified atom stereocenters. The molecule has 0 atom stereocenters. The molecule has 38 heavy (non-hydrogen) atoms. The molecule has 0 radical (unpaired) electrons. The minimum atomic E-state index is -0.643. The van der Waals surface area contributed by atoms with Crippen LogP contribution >= 0.6 is 0 Å². The monoisotopic (exact) mass is 518 g/mol. The van der Waals surface area contributed by atoms with Crippen LogP contribution in [-0.4, -0.2) is 58.3 Å². The predicted molar refractivity (Wildman–Crippen MR) is 140 cm³/mol. The molecule has 0 spiro atoms. The second-order valence-corrected chi connectivity index (χ2v) is 10.2. The van der Waals surface area contributed by atoms with E-state index in [1.807, 2.05) is 33.8 Å². The summed E-state index contributed by atoms with van der Waals surface area (Å²) in [6.45, 7) is 8.15. The fraction of sp³-hybridized carbons (Fsp3) is 0.333. The molecule has 0 saturated carbocycles. The minimum absolute atomic E-state index is 0.253. The highest BCUT2D eigenvalue weighted by Crippen LogP contribution is 2.37. The third-order valence-corrected chi connectivity index (χ3v) is 7.11. The van der Waals surface area contributed by atoms with Crippen LogP contribution in [0.15, 0.2) is 48.9 Å². The molecule has 0 bridgehead atoms. The van der Waals surface area contributed by atoms with Gasteiger partial charge in [-0.2, -0.15) is 5.10 Å². The van der Waals surface area contributed by atoms with Gasteiger partial charge in [0.1, 0.15) is 11.6 Å². The van der Waals surface area contributed by atoms with E-state index >= 15 is 0 Å². The summed E-state index contributed by atoms with van der Waals surface area (Å²) in [7, 11) is 2.17. The first-order valence-electron chi connectivity index (χ1n) is 12.1. The molecule has 9 nitrogen and oxygen atoms in total. The van der Waals surface area contributed by atoms with Gasteiger partial charge in [0.25, 0.3) is 0 Å². The number of halogens is 1. The Morgan fingerprint density at radius 1 is 1.00 bits per heavy atom. The van der Waals surface area contributed by atoms with Crippen molar-refractivity contribution < 1.29 is 28.0 Å². The van der Waals surface area contributed by atoms with Crippen molar-refractivity contribution in [3.8, 4) is 17.0 Å². The Hall–Kier alpha value is -3.83. The lowest BCUT2D eigenvalue weighted by molar-refractivity contribution is 0.00578. The van der Waals surface area contributed by atoms with Crippen LogP contribution in [0.25, 0.3) is 22.2 Å². The van der Waals surface area contributed by atoms with E-state index in [2.05, 4.69) is 15.1 Å². The number of nitrogens with zero attached hydrogens (tertiary/aromatic N) is 4. The van der Waals surface area contributed by atoms with Gasteiger partial charge in [0.05, 0.1) is 73.0 Å². The zero-order valence-electron chi connectivity index (χ0n) is 22.1. The van der Waals surface area contributed by atoms with Gasteiger partial charge in [-0.05, 0) is 51.4 Å². The van der Waals surface area contributed by atoms with Crippen molar-refractivity contribution >= 4 is 29.5 Å². The van der Waals surface area contributed by atoms with E-state index in [4.69, 9.17) is 18.8 Å². The molecule has 11 heteroatoms. The standard InChI is InChI=1S/C27H28BFN4O5/c1-26(2)27(3,4)38-28(37-26)18-7-17-12-32-33(24(17)22(10-18)25(34)36-6)15-20-13-31-23(14-30-20)16-8-19(29)11-21(9-16)35-5/h7-14H,15H2,1-6H3. The lowest BCUT2D eigenvalue weighted by Crippen LogP contribution is -2.41. The van der Waals surface area contributed by atoms with E-state index in [0.29, 0.717) is 39.2 Å². The Kier molecular flexibility index (Phi) is 6.44. The summed E-state index contributed by atoms with van der Waals surface area (Å²) in [5, 5.41) is 5.23. The maximum Gasteiger partial charge on any atom is 0.494 e. The van der Waals surface area contributed by atoms with Crippen molar-refractivity contribution in [1.29, 1.82) is 0 Å². The predicted octanol–water partition coefficient (Wildman–Crippen LogP) is 3.78. The molecule has 2 aromatic heterocycles. The van der Waals surface area contributed by atoms with E-state index in [1.165, 1.54) is 26.4 Å². The molecular formula is C27H28BFN4O5. The second kappa shape index (κ2) is 9.48. The Morgan fingerprint density at radius 2 is 1.74 bits per heavy atom. The number of methoxy groups -OCH3 is 2. The smallest absolute Gasteiger partial charge is 0.494 e. The number of rotatable bonds is 6. The number of hydrogen-bond acceptors (Lipinski definition) is 8. The van der Waals surface area contributed by atoms with Gasteiger partial charge in [0.15, 0.2) is 0 Å². The van der Waals surface area contributed by atoms with Crippen LogP contribution in [-0.2, 0) is 20.6 Å². The highest BCUT2D eigenvalue weighted by Gasteiger charge is 2.52. The van der Waals surface area contributed by atoms with Gasteiger partial charge < -0.3 is 18.8 Å². The van der Waals surface area contributed by atoms with Crippen LogP contribution in [0.3, 0.4) is 0 Å². The Labute approximate surface area is 220 Å². The van der Waals surface area contributed by atoms with E-state index in [9.17, 15) is 9.18 Å². The summed E-state index contributed by atoms with van der Waals surface area (Å²) >= 11 is 0. The van der Waals surface area contributed by atoms with Gasteiger partial charge in [0.2, 0.25) is 0 Å². The third kappa shape index (κ3) is 4.63. The summed E-state index contributed by atoms with van der Waals surface area (Å²) in [5.41, 5.74) is 2.24. The van der Waals surface area contributed by atoms with Crippen LogP contribution in [0.4, 0.5) is 4.39 Å². The largest absolute Gasteiger partial charge is 0.497 e. The van der Waals surface area contributed by atoms with Crippen molar-refractivity contribution in [2.45, 2.75) is 45.4 Å². The number of hydrogen-bond donors (Lipinski definition) is 0. The van der Waals surface area contributed by atoms with Crippen molar-refractivity contribution in [3.63, 3.8) is 0 Å². The first-order chi connectivity index (χ1) is 18.0. The summed E-state index contributed by atoms with van der Waals surface area (Å²) < 4.78 is 38.2. The quantitative estimate of drug-likeness (QED) is 0.281. The van der Waals surface area contributed by atoms with Gasteiger partial charge >= 0.3 is 13.1 Å².